The summed E-state index contributed by atoms with van der Waals surface area (Å²) in [5.41, 5.74) is 2.22. The Bertz CT molecular complexity index is 438. The van der Waals surface area contributed by atoms with Crippen LogP contribution in [0.1, 0.15) is 18.9 Å². The molecule has 0 N–H and O–H groups in total. The fourth-order valence-electron chi connectivity index (χ4n) is 1.68. The lowest BCUT2D eigenvalue weighted by atomic mass is 10.2. The molecule has 4 heteroatoms. The van der Waals surface area contributed by atoms with Gasteiger partial charge in [-0.05, 0) is 24.6 Å². The van der Waals surface area contributed by atoms with Crippen molar-refractivity contribution in [3.8, 4) is 6.07 Å². The molecule has 1 rings (SSSR count). The molecular formula is C14H18N2O2. The number of benzene rings is 1. The van der Waals surface area contributed by atoms with Crippen LogP contribution < -0.4 is 4.90 Å². The van der Waals surface area contributed by atoms with Crippen LogP contribution in [-0.4, -0.2) is 25.7 Å². The van der Waals surface area contributed by atoms with Crippen molar-refractivity contribution < 1.29 is 9.53 Å². The highest BCUT2D eigenvalue weighted by molar-refractivity contribution is 5.65. The number of nitrogens with zero attached hydrogens (tertiary/aromatic N) is 2. The zero-order chi connectivity index (χ0) is 13.4. The van der Waals surface area contributed by atoms with E-state index in [2.05, 4.69) is 17.0 Å². The molecule has 0 aliphatic heterocycles. The van der Waals surface area contributed by atoms with Crippen LogP contribution in [0.15, 0.2) is 24.3 Å². The average molecular weight is 246 g/mol. The van der Waals surface area contributed by atoms with Gasteiger partial charge in [0.15, 0.2) is 0 Å². The minimum atomic E-state index is -0.278. The molecule has 0 fully saturated rings. The van der Waals surface area contributed by atoms with Gasteiger partial charge >= 0.3 is 5.97 Å². The fourth-order valence-corrected chi connectivity index (χ4v) is 1.68. The maximum absolute atomic E-state index is 10.7. The molecule has 1 aromatic carbocycles. The molecule has 0 spiro atoms. The molecule has 0 saturated carbocycles. The normalized spacial score (nSPS) is 9.61. The third-order valence-corrected chi connectivity index (χ3v) is 2.53. The van der Waals surface area contributed by atoms with Crippen molar-refractivity contribution in [3.63, 3.8) is 0 Å². The SMILES string of the molecule is CC(=O)OCCN(CCC#N)c1cccc(C)c1. The first-order chi connectivity index (χ1) is 8.63. The Labute approximate surface area is 108 Å². The van der Waals surface area contributed by atoms with E-state index in [0.29, 0.717) is 26.1 Å². The van der Waals surface area contributed by atoms with E-state index in [1.54, 1.807) is 0 Å². The van der Waals surface area contributed by atoms with Crippen LogP contribution in [0, 0.1) is 18.3 Å². The molecule has 0 aromatic heterocycles. The summed E-state index contributed by atoms with van der Waals surface area (Å²) in [5, 5.41) is 8.67. The number of nitriles is 1. The van der Waals surface area contributed by atoms with Crippen LogP contribution in [0.5, 0.6) is 0 Å². The van der Waals surface area contributed by atoms with Crippen molar-refractivity contribution in [1.29, 1.82) is 5.26 Å². The summed E-state index contributed by atoms with van der Waals surface area (Å²) in [5.74, 6) is -0.278. The number of hydrogen-bond donors (Lipinski definition) is 0. The third kappa shape index (κ3) is 4.88. The van der Waals surface area contributed by atoms with E-state index in [4.69, 9.17) is 10.00 Å². The molecule has 0 aliphatic rings. The van der Waals surface area contributed by atoms with Crippen LogP contribution in [0.25, 0.3) is 0 Å². The summed E-state index contributed by atoms with van der Waals surface area (Å²) in [4.78, 5) is 12.8. The lowest BCUT2D eigenvalue weighted by Gasteiger charge is -2.23. The monoisotopic (exact) mass is 246 g/mol. The summed E-state index contributed by atoms with van der Waals surface area (Å²) >= 11 is 0. The lowest BCUT2D eigenvalue weighted by molar-refractivity contribution is -0.140. The molecule has 96 valence electrons. The van der Waals surface area contributed by atoms with Crippen molar-refractivity contribution in [2.24, 2.45) is 0 Å². The minimum Gasteiger partial charge on any atom is -0.464 e. The van der Waals surface area contributed by atoms with Crippen molar-refractivity contribution in [1.82, 2.24) is 0 Å². The second-order valence-electron chi connectivity index (χ2n) is 4.07. The number of rotatable bonds is 6. The first-order valence-electron chi connectivity index (χ1n) is 5.95. The van der Waals surface area contributed by atoms with Gasteiger partial charge in [0.25, 0.3) is 0 Å². The largest absolute Gasteiger partial charge is 0.464 e. The fraction of sp³-hybridized carbons (Fsp3) is 0.429. The summed E-state index contributed by atoms with van der Waals surface area (Å²) in [7, 11) is 0. The summed E-state index contributed by atoms with van der Waals surface area (Å²) < 4.78 is 4.94. The van der Waals surface area contributed by atoms with E-state index in [1.165, 1.54) is 12.5 Å². The van der Waals surface area contributed by atoms with Crippen LogP contribution >= 0.6 is 0 Å². The topological polar surface area (TPSA) is 53.3 Å². The number of aryl methyl sites for hydroxylation is 1. The molecule has 0 amide bonds. The van der Waals surface area contributed by atoms with Gasteiger partial charge in [0.1, 0.15) is 6.61 Å². The van der Waals surface area contributed by atoms with Gasteiger partial charge in [0.05, 0.1) is 19.0 Å². The standard InChI is InChI=1S/C14H18N2O2/c1-12-5-3-6-14(11-12)16(8-4-7-15)9-10-18-13(2)17/h3,5-6,11H,4,8-10H2,1-2H3. The number of carbonyl (C=O) groups excluding carboxylic acids is 1. The molecule has 0 saturated heterocycles. The van der Waals surface area contributed by atoms with E-state index in [0.717, 1.165) is 5.69 Å². The van der Waals surface area contributed by atoms with Gasteiger partial charge in [-0.25, -0.2) is 0 Å². The second kappa shape index (κ2) is 7.33. The maximum Gasteiger partial charge on any atom is 0.302 e. The van der Waals surface area contributed by atoms with E-state index in [9.17, 15) is 4.79 Å². The predicted molar refractivity (Wildman–Crippen MR) is 70.3 cm³/mol. The third-order valence-electron chi connectivity index (χ3n) is 2.53. The molecule has 1 aromatic rings. The number of esters is 1. The molecule has 0 atom stereocenters. The number of carbonyl (C=O) groups is 1. The molecule has 0 aliphatic carbocycles. The Morgan fingerprint density at radius 1 is 1.44 bits per heavy atom. The van der Waals surface area contributed by atoms with Gasteiger partial charge in [0, 0.05) is 19.2 Å². The summed E-state index contributed by atoms with van der Waals surface area (Å²) in [6.07, 6.45) is 0.452. The predicted octanol–water partition coefficient (Wildman–Crippen LogP) is 2.28. The molecule has 0 heterocycles. The number of anilines is 1. The smallest absolute Gasteiger partial charge is 0.302 e. The highest BCUT2D eigenvalue weighted by Crippen LogP contribution is 2.15. The van der Waals surface area contributed by atoms with E-state index >= 15 is 0 Å². The Kier molecular flexibility index (Phi) is 5.72. The second-order valence-corrected chi connectivity index (χ2v) is 4.07. The van der Waals surface area contributed by atoms with Gasteiger partial charge < -0.3 is 9.64 Å². The van der Waals surface area contributed by atoms with E-state index < -0.39 is 0 Å². The Balaban J connectivity index is 2.65. The zero-order valence-electron chi connectivity index (χ0n) is 10.8. The first kappa shape index (κ1) is 14.0. The minimum absolute atomic E-state index is 0.278. The highest BCUT2D eigenvalue weighted by Gasteiger charge is 2.07. The van der Waals surface area contributed by atoms with Crippen LogP contribution in [0.2, 0.25) is 0 Å². The first-order valence-corrected chi connectivity index (χ1v) is 5.95. The molecule has 0 bridgehead atoms. The highest BCUT2D eigenvalue weighted by atomic mass is 16.5. The Morgan fingerprint density at radius 3 is 2.83 bits per heavy atom. The van der Waals surface area contributed by atoms with Gasteiger partial charge in [-0.1, -0.05) is 12.1 Å². The average Bonchev–Trinajstić information content (AvgIpc) is 2.33. The Hall–Kier alpha value is -2.02. The van der Waals surface area contributed by atoms with E-state index in [1.807, 2.05) is 25.1 Å². The van der Waals surface area contributed by atoms with Crippen LogP contribution in [0.3, 0.4) is 0 Å². The lowest BCUT2D eigenvalue weighted by Crippen LogP contribution is -2.29. The zero-order valence-corrected chi connectivity index (χ0v) is 10.8. The number of ether oxygens (including phenoxy) is 1. The van der Waals surface area contributed by atoms with Gasteiger partial charge in [0.2, 0.25) is 0 Å². The molecular weight excluding hydrogens is 228 g/mol. The summed E-state index contributed by atoms with van der Waals surface area (Å²) in [6.45, 7) is 5.00. The van der Waals surface area contributed by atoms with Crippen molar-refractivity contribution in [2.45, 2.75) is 20.3 Å². The van der Waals surface area contributed by atoms with Crippen LogP contribution in [-0.2, 0) is 9.53 Å². The van der Waals surface area contributed by atoms with Crippen molar-refractivity contribution >= 4 is 11.7 Å². The van der Waals surface area contributed by atoms with Crippen molar-refractivity contribution in [3.05, 3.63) is 29.8 Å². The molecule has 4 nitrogen and oxygen atoms in total. The quantitative estimate of drug-likeness (QED) is 0.723. The van der Waals surface area contributed by atoms with Crippen molar-refractivity contribution in [2.75, 3.05) is 24.6 Å². The maximum atomic E-state index is 10.7. The van der Waals surface area contributed by atoms with E-state index in [-0.39, 0.29) is 5.97 Å². The number of hydrogen-bond acceptors (Lipinski definition) is 4. The van der Waals surface area contributed by atoms with Gasteiger partial charge in [-0.15, -0.1) is 0 Å². The van der Waals surface area contributed by atoms with Gasteiger partial charge in [-0.3, -0.25) is 4.79 Å². The Morgan fingerprint density at radius 2 is 2.22 bits per heavy atom. The van der Waals surface area contributed by atoms with Crippen LogP contribution in [0.4, 0.5) is 5.69 Å². The molecule has 0 radical (unpaired) electrons. The molecule has 18 heavy (non-hydrogen) atoms. The van der Waals surface area contributed by atoms with Gasteiger partial charge in [-0.2, -0.15) is 5.26 Å². The summed E-state index contributed by atoms with van der Waals surface area (Å²) in [6, 6.07) is 10.2. The molecule has 0 unspecified atom stereocenters.